The molecule has 0 unspecified atom stereocenters. The summed E-state index contributed by atoms with van der Waals surface area (Å²) < 4.78 is 5.51. The lowest BCUT2D eigenvalue weighted by molar-refractivity contribution is -0.123. The second-order valence-corrected chi connectivity index (χ2v) is 6.66. The standard InChI is InChI=1S/C20H24N2O3/c1-5-25-17-9-7-6-8-16(17)22-18(23)14-10-12-15(13-11-14)21-19(24)20(2,3)4/h6-13H,5H2,1-4H3,(H,21,24)(H,22,23). The van der Waals surface area contributed by atoms with E-state index in [0.717, 1.165) is 0 Å². The van der Waals surface area contributed by atoms with Crippen molar-refractivity contribution in [3.8, 4) is 5.75 Å². The number of carbonyl (C=O) groups is 2. The van der Waals surface area contributed by atoms with E-state index < -0.39 is 5.41 Å². The minimum atomic E-state index is -0.473. The second kappa shape index (κ2) is 7.83. The monoisotopic (exact) mass is 340 g/mol. The number of carbonyl (C=O) groups excluding carboxylic acids is 2. The molecule has 0 saturated heterocycles. The summed E-state index contributed by atoms with van der Waals surface area (Å²) in [6, 6.07) is 14.1. The van der Waals surface area contributed by atoms with Crippen molar-refractivity contribution >= 4 is 23.2 Å². The number of rotatable bonds is 5. The van der Waals surface area contributed by atoms with Crippen molar-refractivity contribution in [2.75, 3.05) is 17.2 Å². The Kier molecular flexibility index (Phi) is 5.80. The highest BCUT2D eigenvalue weighted by molar-refractivity contribution is 6.05. The van der Waals surface area contributed by atoms with Crippen LogP contribution < -0.4 is 15.4 Å². The molecule has 0 bridgehead atoms. The molecular weight excluding hydrogens is 316 g/mol. The number of anilines is 2. The third-order valence-corrected chi connectivity index (χ3v) is 3.52. The Bertz CT molecular complexity index is 746. The number of para-hydroxylation sites is 2. The van der Waals surface area contributed by atoms with Gasteiger partial charge in [-0.25, -0.2) is 0 Å². The third-order valence-electron chi connectivity index (χ3n) is 3.52. The van der Waals surface area contributed by atoms with E-state index in [1.54, 1.807) is 30.3 Å². The summed E-state index contributed by atoms with van der Waals surface area (Å²) in [7, 11) is 0. The molecule has 0 aromatic heterocycles. The number of benzene rings is 2. The molecule has 0 radical (unpaired) electrons. The van der Waals surface area contributed by atoms with Crippen molar-refractivity contribution < 1.29 is 14.3 Å². The van der Waals surface area contributed by atoms with Crippen molar-refractivity contribution in [2.45, 2.75) is 27.7 Å². The summed E-state index contributed by atoms with van der Waals surface area (Å²) in [5, 5.41) is 5.68. The number of amides is 2. The van der Waals surface area contributed by atoms with E-state index in [2.05, 4.69) is 10.6 Å². The van der Waals surface area contributed by atoms with E-state index in [9.17, 15) is 9.59 Å². The van der Waals surface area contributed by atoms with E-state index in [0.29, 0.717) is 29.3 Å². The Morgan fingerprint density at radius 1 is 0.960 bits per heavy atom. The van der Waals surface area contributed by atoms with Crippen LogP contribution in [0.1, 0.15) is 38.1 Å². The molecular formula is C20H24N2O3. The van der Waals surface area contributed by atoms with Crippen LogP contribution in [-0.4, -0.2) is 18.4 Å². The predicted octanol–water partition coefficient (Wildman–Crippen LogP) is 4.32. The fraction of sp³-hybridized carbons (Fsp3) is 0.300. The Labute approximate surface area is 148 Å². The molecule has 0 saturated carbocycles. The van der Waals surface area contributed by atoms with E-state index in [4.69, 9.17) is 4.74 Å². The topological polar surface area (TPSA) is 67.4 Å². The zero-order chi connectivity index (χ0) is 18.4. The maximum Gasteiger partial charge on any atom is 0.255 e. The van der Waals surface area contributed by atoms with Crippen LogP contribution in [0.5, 0.6) is 5.75 Å². The summed E-state index contributed by atoms with van der Waals surface area (Å²) in [5.74, 6) is 0.323. The van der Waals surface area contributed by atoms with Crippen LogP contribution in [0, 0.1) is 5.41 Å². The van der Waals surface area contributed by atoms with Gasteiger partial charge < -0.3 is 15.4 Å². The van der Waals surface area contributed by atoms with Gasteiger partial charge in [-0.15, -0.1) is 0 Å². The second-order valence-electron chi connectivity index (χ2n) is 6.66. The van der Waals surface area contributed by atoms with Gasteiger partial charge in [-0.3, -0.25) is 9.59 Å². The van der Waals surface area contributed by atoms with E-state index >= 15 is 0 Å². The molecule has 2 aromatic carbocycles. The Balaban J connectivity index is 2.07. The summed E-state index contributed by atoms with van der Waals surface area (Å²) in [5.41, 5.74) is 1.31. The highest BCUT2D eigenvalue weighted by atomic mass is 16.5. The minimum absolute atomic E-state index is 0.0738. The van der Waals surface area contributed by atoms with E-state index in [-0.39, 0.29) is 11.8 Å². The molecule has 0 fully saturated rings. The van der Waals surface area contributed by atoms with Crippen LogP contribution in [0.2, 0.25) is 0 Å². The third kappa shape index (κ3) is 5.08. The summed E-state index contributed by atoms with van der Waals surface area (Å²) in [6.45, 7) is 7.96. The van der Waals surface area contributed by atoms with E-state index in [1.165, 1.54) is 0 Å². The number of ether oxygens (including phenoxy) is 1. The first-order valence-corrected chi connectivity index (χ1v) is 8.26. The van der Waals surface area contributed by atoms with Gasteiger partial charge in [-0.2, -0.15) is 0 Å². The average molecular weight is 340 g/mol. The summed E-state index contributed by atoms with van der Waals surface area (Å²) in [4.78, 5) is 24.4. The summed E-state index contributed by atoms with van der Waals surface area (Å²) >= 11 is 0. The molecule has 2 rings (SSSR count). The summed E-state index contributed by atoms with van der Waals surface area (Å²) in [6.07, 6.45) is 0. The highest BCUT2D eigenvalue weighted by Crippen LogP contribution is 2.24. The average Bonchev–Trinajstić information content (AvgIpc) is 2.56. The van der Waals surface area contributed by atoms with Crippen molar-refractivity contribution in [1.29, 1.82) is 0 Å². The van der Waals surface area contributed by atoms with Crippen LogP contribution in [-0.2, 0) is 4.79 Å². The van der Waals surface area contributed by atoms with Gasteiger partial charge in [0.1, 0.15) is 5.75 Å². The van der Waals surface area contributed by atoms with Crippen molar-refractivity contribution in [1.82, 2.24) is 0 Å². The van der Waals surface area contributed by atoms with E-state index in [1.807, 2.05) is 45.9 Å². The fourth-order valence-electron chi connectivity index (χ4n) is 2.07. The van der Waals surface area contributed by atoms with Gasteiger partial charge in [0.05, 0.1) is 12.3 Å². The smallest absolute Gasteiger partial charge is 0.255 e. The predicted molar refractivity (Wildman–Crippen MR) is 100 cm³/mol. The normalized spacial score (nSPS) is 10.9. The lowest BCUT2D eigenvalue weighted by Crippen LogP contribution is -2.27. The van der Waals surface area contributed by atoms with Gasteiger partial charge in [0.15, 0.2) is 0 Å². The lowest BCUT2D eigenvalue weighted by atomic mass is 9.95. The lowest BCUT2D eigenvalue weighted by Gasteiger charge is -2.17. The Morgan fingerprint density at radius 2 is 1.60 bits per heavy atom. The van der Waals surface area contributed by atoms with Crippen LogP contribution in [0.15, 0.2) is 48.5 Å². The van der Waals surface area contributed by atoms with Crippen molar-refractivity contribution in [3.63, 3.8) is 0 Å². The van der Waals surface area contributed by atoms with Crippen molar-refractivity contribution in [3.05, 3.63) is 54.1 Å². The maximum absolute atomic E-state index is 12.4. The fourth-order valence-corrected chi connectivity index (χ4v) is 2.07. The van der Waals surface area contributed by atoms with Crippen LogP contribution in [0.25, 0.3) is 0 Å². The van der Waals surface area contributed by atoms with Gasteiger partial charge >= 0.3 is 0 Å². The zero-order valence-electron chi connectivity index (χ0n) is 15.1. The molecule has 0 aliphatic rings. The minimum Gasteiger partial charge on any atom is -0.492 e. The molecule has 5 heteroatoms. The van der Waals surface area contributed by atoms with Gasteiger partial charge in [-0.1, -0.05) is 32.9 Å². The Hall–Kier alpha value is -2.82. The Morgan fingerprint density at radius 3 is 2.20 bits per heavy atom. The molecule has 0 aliphatic carbocycles. The first kappa shape index (κ1) is 18.5. The molecule has 5 nitrogen and oxygen atoms in total. The quantitative estimate of drug-likeness (QED) is 0.851. The van der Waals surface area contributed by atoms with Gasteiger partial charge in [-0.05, 0) is 43.3 Å². The molecule has 25 heavy (non-hydrogen) atoms. The van der Waals surface area contributed by atoms with Crippen LogP contribution in [0.3, 0.4) is 0 Å². The number of hydrogen-bond acceptors (Lipinski definition) is 3. The molecule has 2 amide bonds. The molecule has 2 N–H and O–H groups in total. The molecule has 0 atom stereocenters. The number of nitrogens with one attached hydrogen (secondary N) is 2. The van der Waals surface area contributed by atoms with Crippen LogP contribution in [0.4, 0.5) is 11.4 Å². The largest absolute Gasteiger partial charge is 0.492 e. The zero-order valence-corrected chi connectivity index (χ0v) is 15.1. The number of hydrogen-bond donors (Lipinski definition) is 2. The molecule has 2 aromatic rings. The van der Waals surface area contributed by atoms with Crippen molar-refractivity contribution in [2.24, 2.45) is 5.41 Å². The molecule has 132 valence electrons. The van der Waals surface area contributed by atoms with Crippen LogP contribution >= 0.6 is 0 Å². The molecule has 0 heterocycles. The van der Waals surface area contributed by atoms with Gasteiger partial charge in [0.25, 0.3) is 5.91 Å². The van der Waals surface area contributed by atoms with Gasteiger partial charge in [0, 0.05) is 16.7 Å². The first-order chi connectivity index (χ1) is 11.8. The maximum atomic E-state index is 12.4. The molecule has 0 spiro atoms. The van der Waals surface area contributed by atoms with Gasteiger partial charge in [0.2, 0.25) is 5.91 Å². The first-order valence-electron chi connectivity index (χ1n) is 8.26. The molecule has 0 aliphatic heterocycles. The SMILES string of the molecule is CCOc1ccccc1NC(=O)c1ccc(NC(=O)C(C)(C)C)cc1. The highest BCUT2D eigenvalue weighted by Gasteiger charge is 2.21.